The van der Waals surface area contributed by atoms with Gasteiger partial charge in [0.1, 0.15) is 22.3 Å². The van der Waals surface area contributed by atoms with Gasteiger partial charge in [-0.25, -0.2) is 15.0 Å². The summed E-state index contributed by atoms with van der Waals surface area (Å²) >= 11 is 0. The fraction of sp³-hybridized carbons (Fsp3) is 0. The van der Waals surface area contributed by atoms with Crippen molar-refractivity contribution >= 4 is 76.2 Å². The lowest BCUT2D eigenvalue weighted by Crippen LogP contribution is -2.00. The zero-order chi connectivity index (χ0) is 36.7. The summed E-state index contributed by atoms with van der Waals surface area (Å²) in [6.45, 7) is 0. The molecule has 0 atom stereocenters. The third kappa shape index (κ3) is 4.78. The Morgan fingerprint density at radius 3 is 1.30 bits per heavy atom. The van der Waals surface area contributed by atoms with Crippen molar-refractivity contribution in [2.45, 2.75) is 0 Å². The van der Waals surface area contributed by atoms with Gasteiger partial charge in [0.2, 0.25) is 0 Å². The number of fused-ring (bicyclic) bond motifs is 12. The Morgan fingerprint density at radius 2 is 0.625 bits per heavy atom. The molecule has 0 spiro atoms. The molecule has 0 saturated carbocycles. The molecular formula is C51H29N3O2. The van der Waals surface area contributed by atoms with Crippen molar-refractivity contribution in [2.75, 3.05) is 0 Å². The van der Waals surface area contributed by atoms with Crippen molar-refractivity contribution in [1.29, 1.82) is 0 Å². The minimum atomic E-state index is 0.578. The summed E-state index contributed by atoms with van der Waals surface area (Å²) in [5.74, 6) is 1.77. The van der Waals surface area contributed by atoms with E-state index >= 15 is 0 Å². The van der Waals surface area contributed by atoms with E-state index in [0.717, 1.165) is 71.7 Å². The molecule has 0 bridgehead atoms. The average molecular weight is 716 g/mol. The molecule has 0 saturated heterocycles. The Hall–Kier alpha value is -7.63. The van der Waals surface area contributed by atoms with Crippen LogP contribution in [0.3, 0.4) is 0 Å². The standard InChI is InChI=1S/C51H29N3O2/c1-2-10-30(11-3-1)49-52-50(54-51(53-49)34-20-24-41-40-16-8-9-17-45(40)55-48(41)29-34)33-21-25-46-44(27-33)42-23-19-32(28-47(42)56-46)31-18-22-39-37-14-5-4-12-35(37)36-13-6-7-15-38(36)43(39)26-31/h1-29H. The van der Waals surface area contributed by atoms with Crippen molar-refractivity contribution in [3.8, 4) is 45.3 Å². The van der Waals surface area contributed by atoms with Gasteiger partial charge in [-0.1, -0.05) is 121 Å². The SMILES string of the molecule is c1ccc(-c2nc(-c3ccc4c(c3)oc3ccccc34)nc(-c3ccc4oc5cc(-c6ccc7c8ccccc8c8ccccc8c7c6)ccc5c4c3)n2)cc1. The molecule has 0 amide bonds. The first kappa shape index (κ1) is 30.8. The summed E-state index contributed by atoms with van der Waals surface area (Å²) in [5, 5.41) is 11.8. The fourth-order valence-electron chi connectivity index (χ4n) is 8.40. The summed E-state index contributed by atoms with van der Waals surface area (Å²) in [6.07, 6.45) is 0. The maximum absolute atomic E-state index is 6.51. The fourth-order valence-corrected chi connectivity index (χ4v) is 8.40. The molecule has 56 heavy (non-hydrogen) atoms. The van der Waals surface area contributed by atoms with Gasteiger partial charge in [0.25, 0.3) is 0 Å². The van der Waals surface area contributed by atoms with Crippen LogP contribution in [0.1, 0.15) is 0 Å². The van der Waals surface area contributed by atoms with Gasteiger partial charge in [-0.2, -0.15) is 0 Å². The first-order valence-corrected chi connectivity index (χ1v) is 18.8. The Morgan fingerprint density at radius 1 is 0.232 bits per heavy atom. The molecule has 260 valence electrons. The van der Waals surface area contributed by atoms with E-state index < -0.39 is 0 Å². The topological polar surface area (TPSA) is 65.0 Å². The van der Waals surface area contributed by atoms with Gasteiger partial charge in [0.05, 0.1) is 0 Å². The Balaban J connectivity index is 0.974. The van der Waals surface area contributed by atoms with Crippen LogP contribution in [0.5, 0.6) is 0 Å². The summed E-state index contributed by atoms with van der Waals surface area (Å²) in [4.78, 5) is 15.0. The molecule has 0 aliphatic carbocycles. The predicted molar refractivity (Wildman–Crippen MR) is 229 cm³/mol. The van der Waals surface area contributed by atoms with E-state index in [1.807, 2.05) is 66.7 Å². The highest BCUT2D eigenvalue weighted by Gasteiger charge is 2.17. The Labute approximate surface area is 320 Å². The zero-order valence-electron chi connectivity index (χ0n) is 29.9. The molecule has 0 N–H and O–H groups in total. The summed E-state index contributed by atoms with van der Waals surface area (Å²) in [7, 11) is 0. The van der Waals surface area contributed by atoms with Crippen molar-refractivity contribution in [2.24, 2.45) is 0 Å². The quantitative estimate of drug-likeness (QED) is 0.170. The van der Waals surface area contributed by atoms with Crippen molar-refractivity contribution < 1.29 is 8.83 Å². The van der Waals surface area contributed by atoms with Gasteiger partial charge < -0.3 is 8.83 Å². The average Bonchev–Trinajstić information content (AvgIpc) is 3.83. The number of hydrogen-bond acceptors (Lipinski definition) is 5. The molecule has 12 rings (SSSR count). The molecule has 0 aliphatic rings. The van der Waals surface area contributed by atoms with Gasteiger partial charge >= 0.3 is 0 Å². The molecule has 9 aromatic carbocycles. The molecule has 5 heteroatoms. The lowest BCUT2D eigenvalue weighted by atomic mass is 9.92. The van der Waals surface area contributed by atoms with Crippen LogP contribution < -0.4 is 0 Å². The monoisotopic (exact) mass is 715 g/mol. The lowest BCUT2D eigenvalue weighted by molar-refractivity contribution is 0.668. The molecule has 0 fully saturated rings. The number of nitrogens with zero attached hydrogens (tertiary/aromatic N) is 3. The molecule has 0 radical (unpaired) electrons. The van der Waals surface area contributed by atoms with E-state index in [9.17, 15) is 0 Å². The molecule has 0 unspecified atom stereocenters. The van der Waals surface area contributed by atoms with E-state index in [0.29, 0.717) is 17.5 Å². The van der Waals surface area contributed by atoms with Crippen LogP contribution in [-0.2, 0) is 0 Å². The van der Waals surface area contributed by atoms with Gasteiger partial charge in [0.15, 0.2) is 17.5 Å². The normalized spacial score (nSPS) is 11.9. The first-order chi connectivity index (χ1) is 27.7. The number of aromatic nitrogens is 3. The van der Waals surface area contributed by atoms with Gasteiger partial charge in [-0.3, -0.25) is 0 Å². The van der Waals surface area contributed by atoms with Gasteiger partial charge in [-0.15, -0.1) is 0 Å². The van der Waals surface area contributed by atoms with E-state index in [2.05, 4.69) is 109 Å². The van der Waals surface area contributed by atoms with Crippen LogP contribution in [0.4, 0.5) is 0 Å². The van der Waals surface area contributed by atoms with E-state index in [1.54, 1.807) is 0 Å². The van der Waals surface area contributed by atoms with E-state index in [4.69, 9.17) is 23.8 Å². The Bertz CT molecular complexity index is 3510. The highest BCUT2D eigenvalue weighted by atomic mass is 16.3. The molecule has 3 aromatic heterocycles. The maximum Gasteiger partial charge on any atom is 0.164 e. The van der Waals surface area contributed by atoms with E-state index in [-0.39, 0.29) is 0 Å². The molecule has 12 aromatic rings. The molecule has 3 heterocycles. The molecular weight excluding hydrogens is 687 g/mol. The van der Waals surface area contributed by atoms with Crippen LogP contribution >= 0.6 is 0 Å². The smallest absolute Gasteiger partial charge is 0.164 e. The molecule has 5 nitrogen and oxygen atoms in total. The predicted octanol–water partition coefficient (Wildman–Crippen LogP) is 13.8. The summed E-state index contributed by atoms with van der Waals surface area (Å²) in [5.41, 5.74) is 8.19. The highest BCUT2D eigenvalue weighted by molar-refractivity contribution is 6.25. The van der Waals surface area contributed by atoms with Crippen LogP contribution in [0.25, 0.3) is 121 Å². The third-order valence-electron chi connectivity index (χ3n) is 11.1. The highest BCUT2D eigenvalue weighted by Crippen LogP contribution is 2.39. The van der Waals surface area contributed by atoms with Crippen molar-refractivity contribution in [3.63, 3.8) is 0 Å². The maximum atomic E-state index is 6.51. The van der Waals surface area contributed by atoms with Crippen LogP contribution in [0.15, 0.2) is 185 Å². The third-order valence-corrected chi connectivity index (χ3v) is 11.1. The Kier molecular flexibility index (Phi) is 6.56. The zero-order valence-corrected chi connectivity index (χ0v) is 29.9. The van der Waals surface area contributed by atoms with Gasteiger partial charge in [-0.05, 0) is 98.0 Å². The number of hydrogen-bond donors (Lipinski definition) is 0. The number of para-hydroxylation sites is 1. The first-order valence-electron chi connectivity index (χ1n) is 18.8. The summed E-state index contributed by atoms with van der Waals surface area (Å²) < 4.78 is 12.7. The summed E-state index contributed by atoms with van der Waals surface area (Å²) in [6, 6.07) is 61.2. The largest absolute Gasteiger partial charge is 0.456 e. The second kappa shape index (κ2) is 11.9. The minimum Gasteiger partial charge on any atom is -0.456 e. The van der Waals surface area contributed by atoms with Crippen molar-refractivity contribution in [3.05, 3.63) is 176 Å². The van der Waals surface area contributed by atoms with Crippen LogP contribution in [-0.4, -0.2) is 15.0 Å². The van der Waals surface area contributed by atoms with Crippen LogP contribution in [0.2, 0.25) is 0 Å². The lowest BCUT2D eigenvalue weighted by Gasteiger charge is -2.12. The van der Waals surface area contributed by atoms with E-state index in [1.165, 1.54) is 32.3 Å². The van der Waals surface area contributed by atoms with Gasteiger partial charge in [0, 0.05) is 38.2 Å². The van der Waals surface area contributed by atoms with Crippen LogP contribution in [0, 0.1) is 0 Å². The molecule has 0 aliphatic heterocycles. The second-order valence-corrected chi connectivity index (χ2v) is 14.4. The minimum absolute atomic E-state index is 0.578. The van der Waals surface area contributed by atoms with Crippen molar-refractivity contribution in [1.82, 2.24) is 15.0 Å². The number of rotatable bonds is 4. The number of benzene rings is 9. The number of furan rings is 2. The second-order valence-electron chi connectivity index (χ2n) is 14.4.